The zero-order valence-electron chi connectivity index (χ0n) is 18.2. The van der Waals surface area contributed by atoms with Crippen LogP contribution in [0.15, 0.2) is 54.6 Å². The second-order valence-electron chi connectivity index (χ2n) is 7.40. The van der Waals surface area contributed by atoms with E-state index in [9.17, 15) is 9.59 Å². The molecule has 0 saturated heterocycles. The summed E-state index contributed by atoms with van der Waals surface area (Å²) in [5.74, 6) is 1.13. The molecule has 0 unspecified atom stereocenters. The van der Waals surface area contributed by atoms with Gasteiger partial charge in [0, 0.05) is 24.9 Å². The Morgan fingerprint density at radius 1 is 0.793 bits per heavy atom. The van der Waals surface area contributed by atoms with Crippen molar-refractivity contribution in [3.8, 4) is 5.75 Å². The minimum absolute atomic E-state index is 0.0308. The van der Waals surface area contributed by atoms with Crippen molar-refractivity contribution in [2.24, 2.45) is 11.8 Å². The summed E-state index contributed by atoms with van der Waals surface area (Å²) in [6.07, 6.45) is 0.902. The Bertz CT molecular complexity index is 726. The predicted molar refractivity (Wildman–Crippen MR) is 118 cm³/mol. The van der Waals surface area contributed by atoms with Crippen molar-refractivity contribution >= 4 is 11.8 Å². The van der Waals surface area contributed by atoms with Crippen LogP contribution < -0.4 is 15.4 Å². The van der Waals surface area contributed by atoms with Crippen LogP contribution >= 0.6 is 0 Å². The lowest BCUT2D eigenvalue weighted by Crippen LogP contribution is -2.29. The number of hydrogen-bond acceptors (Lipinski definition) is 3. The van der Waals surface area contributed by atoms with Crippen molar-refractivity contribution in [2.45, 2.75) is 40.7 Å². The first-order valence-corrected chi connectivity index (χ1v) is 10.1. The van der Waals surface area contributed by atoms with Crippen molar-refractivity contribution in [1.82, 2.24) is 10.6 Å². The maximum atomic E-state index is 11.3. The lowest BCUT2D eigenvalue weighted by molar-refractivity contribution is -0.124. The van der Waals surface area contributed by atoms with Crippen molar-refractivity contribution in [3.63, 3.8) is 0 Å². The SMILES string of the molecule is CC(C)C(=O)NCCc1ccccc1.COc1ccc(CNC(=O)C(C)C)cc1. The molecular weight excluding hydrogens is 364 g/mol. The van der Waals surface area contributed by atoms with E-state index in [-0.39, 0.29) is 23.7 Å². The Kier molecular flexibility index (Phi) is 11.2. The van der Waals surface area contributed by atoms with Gasteiger partial charge in [0.1, 0.15) is 5.75 Å². The number of benzene rings is 2. The number of carbonyl (C=O) groups is 2. The van der Waals surface area contributed by atoms with Gasteiger partial charge < -0.3 is 15.4 Å². The van der Waals surface area contributed by atoms with E-state index in [0.29, 0.717) is 6.54 Å². The number of hydrogen-bond donors (Lipinski definition) is 2. The highest BCUT2D eigenvalue weighted by Gasteiger charge is 2.06. The first kappa shape index (κ1) is 24.2. The molecule has 2 aromatic rings. The number of amides is 2. The van der Waals surface area contributed by atoms with Crippen molar-refractivity contribution in [1.29, 1.82) is 0 Å². The molecule has 2 aromatic carbocycles. The second-order valence-corrected chi connectivity index (χ2v) is 7.40. The van der Waals surface area contributed by atoms with Gasteiger partial charge in [0.2, 0.25) is 11.8 Å². The average Bonchev–Trinajstić information content (AvgIpc) is 2.73. The second kappa shape index (κ2) is 13.4. The molecule has 0 aliphatic heterocycles. The third-order valence-corrected chi connectivity index (χ3v) is 4.23. The van der Waals surface area contributed by atoms with Gasteiger partial charge in [-0.05, 0) is 29.7 Å². The Balaban J connectivity index is 0.000000291. The molecule has 5 heteroatoms. The topological polar surface area (TPSA) is 67.4 Å². The molecular formula is C24H34N2O3. The van der Waals surface area contributed by atoms with Crippen LogP contribution in [0, 0.1) is 11.8 Å². The first-order chi connectivity index (χ1) is 13.8. The molecule has 0 atom stereocenters. The third-order valence-electron chi connectivity index (χ3n) is 4.23. The van der Waals surface area contributed by atoms with Gasteiger partial charge >= 0.3 is 0 Å². The van der Waals surface area contributed by atoms with Gasteiger partial charge in [-0.15, -0.1) is 0 Å². The van der Waals surface area contributed by atoms with Gasteiger partial charge in [0.15, 0.2) is 0 Å². The molecule has 2 amide bonds. The predicted octanol–water partition coefficient (Wildman–Crippen LogP) is 3.97. The van der Waals surface area contributed by atoms with E-state index in [0.717, 1.165) is 24.3 Å². The molecule has 0 aliphatic carbocycles. The van der Waals surface area contributed by atoms with E-state index in [2.05, 4.69) is 22.8 Å². The molecule has 0 radical (unpaired) electrons. The van der Waals surface area contributed by atoms with Crippen LogP contribution in [0.5, 0.6) is 5.75 Å². The first-order valence-electron chi connectivity index (χ1n) is 10.1. The normalized spacial score (nSPS) is 10.2. The number of ether oxygens (including phenoxy) is 1. The van der Waals surface area contributed by atoms with E-state index in [1.165, 1.54) is 5.56 Å². The number of nitrogens with one attached hydrogen (secondary N) is 2. The highest BCUT2D eigenvalue weighted by atomic mass is 16.5. The molecule has 5 nitrogen and oxygen atoms in total. The summed E-state index contributed by atoms with van der Waals surface area (Å²) < 4.78 is 5.05. The molecule has 0 bridgehead atoms. The van der Waals surface area contributed by atoms with E-state index in [1.54, 1.807) is 7.11 Å². The Hall–Kier alpha value is -2.82. The zero-order valence-corrected chi connectivity index (χ0v) is 18.2. The Morgan fingerprint density at radius 3 is 1.86 bits per heavy atom. The van der Waals surface area contributed by atoms with Gasteiger partial charge in [-0.2, -0.15) is 0 Å². The molecule has 0 fully saturated rings. The maximum Gasteiger partial charge on any atom is 0.222 e. The summed E-state index contributed by atoms with van der Waals surface area (Å²) in [6, 6.07) is 17.8. The molecule has 2 N–H and O–H groups in total. The maximum absolute atomic E-state index is 11.3. The molecule has 0 aliphatic rings. The van der Waals surface area contributed by atoms with Crippen molar-refractivity contribution in [3.05, 3.63) is 65.7 Å². The average molecular weight is 399 g/mol. The summed E-state index contributed by atoms with van der Waals surface area (Å²) in [7, 11) is 1.63. The van der Waals surface area contributed by atoms with E-state index < -0.39 is 0 Å². The van der Waals surface area contributed by atoms with Crippen LogP contribution in [0.1, 0.15) is 38.8 Å². The third kappa shape index (κ3) is 10.3. The van der Waals surface area contributed by atoms with Crippen LogP contribution in [0.4, 0.5) is 0 Å². The molecule has 0 aromatic heterocycles. The number of methoxy groups -OCH3 is 1. The Morgan fingerprint density at radius 2 is 1.34 bits per heavy atom. The molecule has 0 spiro atoms. The Labute approximate surface area is 174 Å². The van der Waals surface area contributed by atoms with Crippen LogP contribution in [-0.4, -0.2) is 25.5 Å². The standard InChI is InChI=1S/C12H17NO2.C12H17NO/c1-9(2)12(14)13-8-10-4-6-11(15-3)7-5-10;1-10(2)12(14)13-9-8-11-6-4-3-5-7-11/h4-7,9H,8H2,1-3H3,(H,13,14);3-7,10H,8-9H2,1-2H3,(H,13,14). The lowest BCUT2D eigenvalue weighted by Gasteiger charge is -2.08. The van der Waals surface area contributed by atoms with E-state index >= 15 is 0 Å². The van der Waals surface area contributed by atoms with Gasteiger partial charge in [-0.1, -0.05) is 70.2 Å². The summed E-state index contributed by atoms with van der Waals surface area (Å²) in [4.78, 5) is 22.5. The highest BCUT2D eigenvalue weighted by Crippen LogP contribution is 2.11. The zero-order chi connectivity index (χ0) is 21.6. The summed E-state index contributed by atoms with van der Waals surface area (Å²) in [6.45, 7) is 8.85. The van der Waals surface area contributed by atoms with Crippen molar-refractivity contribution < 1.29 is 14.3 Å². The molecule has 0 heterocycles. The quantitative estimate of drug-likeness (QED) is 0.707. The van der Waals surface area contributed by atoms with Crippen LogP contribution in [-0.2, 0) is 22.6 Å². The van der Waals surface area contributed by atoms with Gasteiger partial charge in [0.25, 0.3) is 0 Å². The molecule has 2 rings (SSSR count). The summed E-state index contributed by atoms with van der Waals surface area (Å²) in [5.41, 5.74) is 2.33. The molecule has 158 valence electrons. The lowest BCUT2D eigenvalue weighted by atomic mass is 10.1. The minimum atomic E-state index is 0.0308. The monoisotopic (exact) mass is 398 g/mol. The van der Waals surface area contributed by atoms with Gasteiger partial charge in [-0.3, -0.25) is 9.59 Å². The fraction of sp³-hybridized carbons (Fsp3) is 0.417. The van der Waals surface area contributed by atoms with E-state index in [4.69, 9.17) is 4.74 Å². The number of carbonyl (C=O) groups excluding carboxylic acids is 2. The largest absolute Gasteiger partial charge is 0.497 e. The van der Waals surface area contributed by atoms with Crippen molar-refractivity contribution in [2.75, 3.05) is 13.7 Å². The smallest absolute Gasteiger partial charge is 0.222 e. The summed E-state index contributed by atoms with van der Waals surface area (Å²) in [5, 5.41) is 5.75. The van der Waals surface area contributed by atoms with Crippen LogP contribution in [0.3, 0.4) is 0 Å². The van der Waals surface area contributed by atoms with Crippen LogP contribution in [0.25, 0.3) is 0 Å². The van der Waals surface area contributed by atoms with E-state index in [1.807, 2.05) is 70.2 Å². The number of rotatable bonds is 8. The molecule has 0 saturated carbocycles. The fourth-order valence-corrected chi connectivity index (χ4v) is 2.32. The summed E-state index contributed by atoms with van der Waals surface area (Å²) >= 11 is 0. The highest BCUT2D eigenvalue weighted by molar-refractivity contribution is 5.78. The molecule has 29 heavy (non-hydrogen) atoms. The fourth-order valence-electron chi connectivity index (χ4n) is 2.32. The van der Waals surface area contributed by atoms with Gasteiger partial charge in [0.05, 0.1) is 7.11 Å². The van der Waals surface area contributed by atoms with Gasteiger partial charge in [-0.25, -0.2) is 0 Å². The minimum Gasteiger partial charge on any atom is -0.497 e. The van der Waals surface area contributed by atoms with Crippen LogP contribution in [0.2, 0.25) is 0 Å².